The number of carbonyl (C=O) groups is 3. The van der Waals surface area contributed by atoms with Crippen LogP contribution in [0.1, 0.15) is 10.4 Å². The van der Waals surface area contributed by atoms with E-state index in [9.17, 15) is 24.5 Å². The number of Topliss-reactive ketones (excluding diaryl/α,β-unsaturated/α-hetero) is 1. The van der Waals surface area contributed by atoms with Crippen LogP contribution in [-0.2, 0) is 9.59 Å². The molecule has 0 atom stereocenters. The standard InChI is InChI=1S/C18H14N2O6Se/c21-16(12-1-5-14(6-2-12)20(25)26)11-27-15-7-3-13(4-8-15)19-17(22)9-10-18(23)24/h1-10H,11H2,(H,19,22)(H,23,24). The molecule has 0 heterocycles. The Kier molecular flexibility index (Phi) is 6.99. The third-order valence-electron chi connectivity index (χ3n) is 3.27. The summed E-state index contributed by atoms with van der Waals surface area (Å²) in [4.78, 5) is 44.1. The third-order valence-corrected chi connectivity index (χ3v) is 5.39. The molecule has 0 bridgehead atoms. The molecular formula is C18H14N2O6Se. The molecule has 0 fully saturated rings. The van der Waals surface area contributed by atoms with Crippen molar-refractivity contribution in [1.82, 2.24) is 0 Å². The van der Waals surface area contributed by atoms with Crippen LogP contribution in [0.5, 0.6) is 0 Å². The number of ketones is 1. The molecule has 27 heavy (non-hydrogen) atoms. The molecule has 2 aromatic rings. The van der Waals surface area contributed by atoms with Gasteiger partial charge in [-0.3, -0.25) is 0 Å². The fourth-order valence-corrected chi connectivity index (χ4v) is 3.63. The number of carbonyl (C=O) groups excluding carboxylic acids is 2. The van der Waals surface area contributed by atoms with Crippen molar-refractivity contribution >= 4 is 48.5 Å². The number of anilines is 1. The van der Waals surface area contributed by atoms with E-state index in [-0.39, 0.29) is 26.4 Å². The minimum atomic E-state index is -1.21. The second kappa shape index (κ2) is 9.42. The number of nitrogens with zero attached hydrogens (tertiary/aromatic N) is 1. The van der Waals surface area contributed by atoms with Gasteiger partial charge in [0.2, 0.25) is 0 Å². The van der Waals surface area contributed by atoms with Crippen LogP contribution < -0.4 is 9.78 Å². The molecule has 1 amide bonds. The van der Waals surface area contributed by atoms with E-state index >= 15 is 0 Å². The van der Waals surface area contributed by atoms with E-state index in [0.29, 0.717) is 16.6 Å². The molecule has 2 aromatic carbocycles. The number of carboxylic acid groups (broad SMARTS) is 1. The van der Waals surface area contributed by atoms with Crippen molar-refractivity contribution < 1.29 is 24.4 Å². The van der Waals surface area contributed by atoms with Crippen LogP contribution in [0.25, 0.3) is 0 Å². The van der Waals surface area contributed by atoms with E-state index in [1.165, 1.54) is 24.3 Å². The first-order valence-corrected chi connectivity index (χ1v) is 9.64. The number of nitro benzene ring substituents is 1. The predicted octanol–water partition coefficient (Wildman–Crippen LogP) is 1.80. The number of hydrogen-bond donors (Lipinski definition) is 2. The molecule has 0 aromatic heterocycles. The Bertz CT molecular complexity index is 891. The van der Waals surface area contributed by atoms with Crippen molar-refractivity contribution in [1.29, 1.82) is 0 Å². The van der Waals surface area contributed by atoms with E-state index in [4.69, 9.17) is 5.11 Å². The number of carboxylic acids is 1. The van der Waals surface area contributed by atoms with Crippen molar-refractivity contribution in [2.24, 2.45) is 0 Å². The molecule has 138 valence electrons. The van der Waals surface area contributed by atoms with Crippen molar-refractivity contribution in [2.75, 3.05) is 5.32 Å². The van der Waals surface area contributed by atoms with Crippen LogP contribution >= 0.6 is 0 Å². The van der Waals surface area contributed by atoms with E-state index < -0.39 is 16.8 Å². The Balaban J connectivity index is 1.89. The SMILES string of the molecule is O=C(O)C=CC(=O)Nc1ccc([Se]CC(=O)c2ccc([N+](=O)[O-])cc2)cc1. The van der Waals surface area contributed by atoms with Gasteiger partial charge in [0.25, 0.3) is 0 Å². The molecule has 0 spiro atoms. The summed E-state index contributed by atoms with van der Waals surface area (Å²) < 4.78 is 0.942. The first-order chi connectivity index (χ1) is 12.8. The van der Waals surface area contributed by atoms with Crippen LogP contribution in [0.4, 0.5) is 11.4 Å². The summed E-state index contributed by atoms with van der Waals surface area (Å²) in [5.41, 5.74) is 0.876. The maximum atomic E-state index is 12.2. The molecular weight excluding hydrogens is 419 g/mol. The molecule has 0 unspecified atom stereocenters. The topological polar surface area (TPSA) is 127 Å². The fourth-order valence-electron chi connectivity index (χ4n) is 1.97. The van der Waals surface area contributed by atoms with Crippen molar-refractivity contribution in [3.8, 4) is 0 Å². The molecule has 9 heteroatoms. The number of aliphatic carboxylic acids is 1. The van der Waals surface area contributed by atoms with Crippen molar-refractivity contribution in [3.63, 3.8) is 0 Å². The average Bonchev–Trinajstić information content (AvgIpc) is 2.65. The third kappa shape index (κ3) is 6.50. The first-order valence-electron chi connectivity index (χ1n) is 7.57. The van der Waals surface area contributed by atoms with Gasteiger partial charge in [0.15, 0.2) is 0 Å². The Hall–Kier alpha value is -3.29. The van der Waals surface area contributed by atoms with E-state index in [2.05, 4.69) is 5.32 Å². The number of benzene rings is 2. The molecule has 0 aliphatic heterocycles. The number of nitro groups is 1. The first kappa shape index (κ1) is 20.0. The fraction of sp³-hybridized carbons (Fsp3) is 0.0556. The summed E-state index contributed by atoms with van der Waals surface area (Å²) in [6.07, 6.45) is 1.67. The van der Waals surface area contributed by atoms with E-state index in [1.54, 1.807) is 24.3 Å². The van der Waals surface area contributed by atoms with Crippen molar-refractivity contribution in [3.05, 3.63) is 76.4 Å². The zero-order valence-corrected chi connectivity index (χ0v) is 15.5. The number of non-ortho nitro benzene ring substituents is 1. The van der Waals surface area contributed by atoms with Crippen LogP contribution in [0.3, 0.4) is 0 Å². The summed E-state index contributed by atoms with van der Waals surface area (Å²) >= 11 is -0.134. The van der Waals surface area contributed by atoms with Gasteiger partial charge in [0, 0.05) is 0 Å². The summed E-state index contributed by atoms with van der Waals surface area (Å²) in [7, 11) is 0. The van der Waals surface area contributed by atoms with Gasteiger partial charge in [-0.05, 0) is 0 Å². The zero-order chi connectivity index (χ0) is 19.8. The Morgan fingerprint density at radius 1 is 1.04 bits per heavy atom. The molecule has 2 N–H and O–H groups in total. The van der Waals surface area contributed by atoms with E-state index in [1.807, 2.05) is 0 Å². The molecule has 8 nitrogen and oxygen atoms in total. The maximum absolute atomic E-state index is 12.2. The van der Waals surface area contributed by atoms with Crippen molar-refractivity contribution in [2.45, 2.75) is 5.32 Å². The van der Waals surface area contributed by atoms with Gasteiger partial charge in [0.05, 0.1) is 0 Å². The number of rotatable bonds is 8. The van der Waals surface area contributed by atoms with Gasteiger partial charge < -0.3 is 0 Å². The molecule has 2 rings (SSSR count). The summed E-state index contributed by atoms with van der Waals surface area (Å²) in [6.45, 7) is 0. The van der Waals surface area contributed by atoms with Gasteiger partial charge in [-0.1, -0.05) is 0 Å². The second-order valence-electron chi connectivity index (χ2n) is 5.20. The van der Waals surface area contributed by atoms with Gasteiger partial charge in [-0.25, -0.2) is 0 Å². The summed E-state index contributed by atoms with van der Waals surface area (Å²) in [5.74, 6) is -1.86. The number of nitrogens with one attached hydrogen (secondary N) is 1. The monoisotopic (exact) mass is 434 g/mol. The molecule has 0 saturated heterocycles. The average molecular weight is 433 g/mol. The Morgan fingerprint density at radius 2 is 1.67 bits per heavy atom. The molecule has 0 aliphatic rings. The molecule has 0 aliphatic carbocycles. The van der Waals surface area contributed by atoms with Crippen LogP contribution in [0.2, 0.25) is 5.32 Å². The predicted molar refractivity (Wildman–Crippen MR) is 99.5 cm³/mol. The van der Waals surface area contributed by atoms with Gasteiger partial charge >= 0.3 is 160 Å². The van der Waals surface area contributed by atoms with Crippen LogP contribution in [0.15, 0.2) is 60.7 Å². The number of amides is 1. The minimum absolute atomic E-state index is 0.0621. The summed E-state index contributed by atoms with van der Waals surface area (Å²) in [6, 6.07) is 12.4. The zero-order valence-electron chi connectivity index (χ0n) is 13.8. The van der Waals surface area contributed by atoms with Crippen LogP contribution in [0, 0.1) is 10.1 Å². The van der Waals surface area contributed by atoms with Gasteiger partial charge in [0.1, 0.15) is 0 Å². The molecule has 0 saturated carbocycles. The number of hydrogen-bond acceptors (Lipinski definition) is 5. The Morgan fingerprint density at radius 3 is 2.22 bits per heavy atom. The normalized spacial score (nSPS) is 10.5. The molecule has 0 radical (unpaired) electrons. The summed E-state index contributed by atoms with van der Waals surface area (Å²) in [5, 5.41) is 21.9. The Labute approximate surface area is 160 Å². The quantitative estimate of drug-likeness (QED) is 0.215. The van der Waals surface area contributed by atoms with Crippen LogP contribution in [-0.4, -0.2) is 42.6 Å². The second-order valence-corrected chi connectivity index (χ2v) is 7.40. The van der Waals surface area contributed by atoms with Gasteiger partial charge in [-0.15, -0.1) is 0 Å². The van der Waals surface area contributed by atoms with Gasteiger partial charge in [-0.2, -0.15) is 0 Å². The van der Waals surface area contributed by atoms with E-state index in [0.717, 1.165) is 16.6 Å².